The lowest BCUT2D eigenvalue weighted by Crippen LogP contribution is -2.32. The molecule has 0 radical (unpaired) electrons. The summed E-state index contributed by atoms with van der Waals surface area (Å²) in [5.41, 5.74) is 5.28. The molecule has 3 aromatic carbocycles. The molecule has 0 spiro atoms. The minimum atomic E-state index is -0.473. The average molecular weight is 458 g/mol. The van der Waals surface area contributed by atoms with Gasteiger partial charge in [0.15, 0.2) is 0 Å². The Hall–Kier alpha value is -3.93. The fraction of sp³-hybridized carbons (Fsp3) is 0.214. The molecule has 1 heterocycles. The fourth-order valence-corrected chi connectivity index (χ4v) is 4.30. The van der Waals surface area contributed by atoms with Crippen LogP contribution in [0, 0.1) is 19.7 Å². The van der Waals surface area contributed by atoms with E-state index in [-0.39, 0.29) is 5.70 Å². The molecule has 0 saturated heterocycles. The Balaban J connectivity index is 1.77. The van der Waals surface area contributed by atoms with E-state index < -0.39 is 17.6 Å². The van der Waals surface area contributed by atoms with Gasteiger partial charge in [0, 0.05) is 24.5 Å². The van der Waals surface area contributed by atoms with Crippen molar-refractivity contribution in [3.63, 3.8) is 0 Å². The number of imide groups is 1. The number of rotatable bonds is 7. The van der Waals surface area contributed by atoms with Gasteiger partial charge in [0.2, 0.25) is 0 Å². The van der Waals surface area contributed by atoms with Gasteiger partial charge in [-0.25, -0.2) is 9.29 Å². The van der Waals surface area contributed by atoms with Crippen LogP contribution in [0.25, 0.3) is 5.57 Å². The van der Waals surface area contributed by atoms with E-state index in [1.807, 2.05) is 56.3 Å². The predicted octanol–water partition coefficient (Wildman–Crippen LogP) is 5.69. The van der Waals surface area contributed by atoms with Gasteiger partial charge in [0.1, 0.15) is 11.5 Å². The molecule has 174 valence electrons. The molecule has 0 fully saturated rings. The first-order chi connectivity index (χ1) is 16.3. The lowest BCUT2D eigenvalue weighted by Gasteiger charge is -2.21. The zero-order valence-electron chi connectivity index (χ0n) is 19.9. The molecule has 1 aliphatic rings. The largest absolute Gasteiger partial charge is 0.372 e. The van der Waals surface area contributed by atoms with Crippen LogP contribution in [0.2, 0.25) is 0 Å². The van der Waals surface area contributed by atoms with E-state index in [1.165, 1.54) is 24.3 Å². The molecule has 0 atom stereocenters. The van der Waals surface area contributed by atoms with Crippen LogP contribution in [0.15, 0.2) is 72.4 Å². The van der Waals surface area contributed by atoms with Crippen molar-refractivity contribution in [3.05, 3.63) is 94.9 Å². The van der Waals surface area contributed by atoms with Crippen molar-refractivity contribution in [3.8, 4) is 0 Å². The molecule has 4 rings (SSSR count). The highest BCUT2D eigenvalue weighted by Gasteiger charge is 2.40. The Morgan fingerprint density at radius 1 is 0.853 bits per heavy atom. The minimum Gasteiger partial charge on any atom is -0.372 e. The maximum Gasteiger partial charge on any atom is 0.282 e. The quantitative estimate of drug-likeness (QED) is 0.464. The van der Waals surface area contributed by atoms with Gasteiger partial charge in [0.05, 0.1) is 11.3 Å². The predicted molar refractivity (Wildman–Crippen MR) is 135 cm³/mol. The van der Waals surface area contributed by atoms with E-state index in [0.717, 1.165) is 34.8 Å². The Morgan fingerprint density at radius 2 is 1.50 bits per heavy atom. The molecule has 0 bridgehead atoms. The molecule has 3 aromatic rings. The third-order valence-electron chi connectivity index (χ3n) is 6.09. The molecule has 1 N–H and O–H groups in total. The zero-order valence-corrected chi connectivity index (χ0v) is 19.9. The molecule has 6 heteroatoms. The lowest BCUT2D eigenvalue weighted by molar-refractivity contribution is -0.120. The molecule has 34 heavy (non-hydrogen) atoms. The number of nitrogens with one attached hydrogen (secondary N) is 1. The van der Waals surface area contributed by atoms with Crippen molar-refractivity contribution in [2.24, 2.45) is 0 Å². The number of nitrogens with zero attached hydrogens (tertiary/aromatic N) is 2. The van der Waals surface area contributed by atoms with Crippen LogP contribution in [0.4, 0.5) is 21.5 Å². The molecule has 1 aliphatic heterocycles. The second kappa shape index (κ2) is 9.51. The standard InChI is InChI=1S/C28H28FN3O2/c1-5-31(6-2)22-14-10-21(11-15-22)30-26-25(24-16-7-18(3)17-19(24)4)27(33)32(28(26)34)23-12-8-20(29)9-13-23/h7-17,30H,5-6H2,1-4H3. The van der Waals surface area contributed by atoms with Crippen LogP contribution < -0.4 is 15.1 Å². The van der Waals surface area contributed by atoms with Crippen LogP contribution in [0.3, 0.4) is 0 Å². The number of carbonyl (C=O) groups excluding carboxylic acids is 2. The van der Waals surface area contributed by atoms with E-state index in [0.29, 0.717) is 22.5 Å². The van der Waals surface area contributed by atoms with Gasteiger partial charge < -0.3 is 10.2 Å². The maximum absolute atomic E-state index is 13.6. The summed E-state index contributed by atoms with van der Waals surface area (Å²) < 4.78 is 13.5. The number of hydrogen-bond donors (Lipinski definition) is 1. The summed E-state index contributed by atoms with van der Waals surface area (Å²) in [6.45, 7) is 9.89. The highest BCUT2D eigenvalue weighted by Crippen LogP contribution is 2.35. The van der Waals surface area contributed by atoms with Crippen molar-refractivity contribution in [1.29, 1.82) is 0 Å². The molecule has 0 aliphatic carbocycles. The summed E-state index contributed by atoms with van der Waals surface area (Å²) in [5, 5.41) is 3.20. The van der Waals surface area contributed by atoms with E-state index >= 15 is 0 Å². The third-order valence-corrected chi connectivity index (χ3v) is 6.09. The highest BCUT2D eigenvalue weighted by molar-refractivity contribution is 6.46. The molecule has 0 unspecified atom stereocenters. The summed E-state index contributed by atoms with van der Waals surface area (Å²) >= 11 is 0. The van der Waals surface area contributed by atoms with Gasteiger partial charge >= 0.3 is 0 Å². The molecule has 0 aromatic heterocycles. The van der Waals surface area contributed by atoms with E-state index in [9.17, 15) is 14.0 Å². The Bertz CT molecular complexity index is 1260. The zero-order chi connectivity index (χ0) is 24.4. The van der Waals surface area contributed by atoms with Crippen molar-refractivity contribution < 1.29 is 14.0 Å². The van der Waals surface area contributed by atoms with Crippen molar-refractivity contribution >= 4 is 34.4 Å². The van der Waals surface area contributed by atoms with Crippen molar-refractivity contribution in [2.75, 3.05) is 28.2 Å². The average Bonchev–Trinajstić information content (AvgIpc) is 3.06. The number of anilines is 3. The smallest absolute Gasteiger partial charge is 0.282 e. The first-order valence-corrected chi connectivity index (χ1v) is 11.4. The second-order valence-electron chi connectivity index (χ2n) is 8.33. The van der Waals surface area contributed by atoms with E-state index in [2.05, 4.69) is 24.1 Å². The van der Waals surface area contributed by atoms with Crippen molar-refractivity contribution in [2.45, 2.75) is 27.7 Å². The Kier molecular flexibility index (Phi) is 6.50. The first kappa shape index (κ1) is 23.2. The number of halogens is 1. The van der Waals surface area contributed by atoms with Gasteiger partial charge in [-0.05, 0) is 87.4 Å². The SMILES string of the molecule is CCN(CC)c1ccc(NC2=C(c3ccc(C)cc3C)C(=O)N(c3ccc(F)cc3)C2=O)cc1. The van der Waals surface area contributed by atoms with E-state index in [4.69, 9.17) is 0 Å². The van der Waals surface area contributed by atoms with Crippen LogP contribution in [-0.2, 0) is 9.59 Å². The van der Waals surface area contributed by atoms with Crippen molar-refractivity contribution in [1.82, 2.24) is 0 Å². The molecule has 2 amide bonds. The minimum absolute atomic E-state index is 0.205. The monoisotopic (exact) mass is 457 g/mol. The van der Waals surface area contributed by atoms with Crippen LogP contribution in [-0.4, -0.2) is 24.9 Å². The number of hydrogen-bond acceptors (Lipinski definition) is 4. The lowest BCUT2D eigenvalue weighted by atomic mass is 9.97. The molecular weight excluding hydrogens is 429 g/mol. The van der Waals surface area contributed by atoms with Crippen LogP contribution in [0.1, 0.15) is 30.5 Å². The third kappa shape index (κ3) is 4.31. The van der Waals surface area contributed by atoms with Crippen LogP contribution >= 0.6 is 0 Å². The fourth-order valence-electron chi connectivity index (χ4n) is 4.30. The number of carbonyl (C=O) groups is 2. The van der Waals surface area contributed by atoms with Gasteiger partial charge in [-0.2, -0.15) is 0 Å². The van der Waals surface area contributed by atoms with Gasteiger partial charge in [-0.1, -0.05) is 23.8 Å². The number of amides is 2. The normalized spacial score (nSPS) is 13.6. The second-order valence-corrected chi connectivity index (χ2v) is 8.33. The van der Waals surface area contributed by atoms with Gasteiger partial charge in [-0.3, -0.25) is 9.59 Å². The van der Waals surface area contributed by atoms with E-state index in [1.54, 1.807) is 0 Å². The molecule has 0 saturated carbocycles. The highest BCUT2D eigenvalue weighted by atomic mass is 19.1. The van der Waals surface area contributed by atoms with Gasteiger partial charge in [-0.15, -0.1) is 0 Å². The molecular formula is C28H28FN3O2. The van der Waals surface area contributed by atoms with Crippen LogP contribution in [0.5, 0.6) is 0 Å². The Morgan fingerprint density at radius 3 is 2.09 bits per heavy atom. The number of aryl methyl sites for hydroxylation is 2. The summed E-state index contributed by atoms with van der Waals surface area (Å²) in [6.07, 6.45) is 0. The summed E-state index contributed by atoms with van der Waals surface area (Å²) in [6, 6.07) is 18.9. The number of benzene rings is 3. The first-order valence-electron chi connectivity index (χ1n) is 11.4. The summed E-state index contributed by atoms with van der Waals surface area (Å²) in [5.74, 6) is -1.35. The molecule has 5 nitrogen and oxygen atoms in total. The van der Waals surface area contributed by atoms with Gasteiger partial charge in [0.25, 0.3) is 11.8 Å². The maximum atomic E-state index is 13.6. The summed E-state index contributed by atoms with van der Waals surface area (Å²) in [4.78, 5) is 30.4. The topological polar surface area (TPSA) is 52.7 Å². The Labute approximate surface area is 199 Å². The summed E-state index contributed by atoms with van der Waals surface area (Å²) in [7, 11) is 0.